The Morgan fingerprint density at radius 1 is 1.33 bits per heavy atom. The van der Waals surface area contributed by atoms with Gasteiger partial charge in [0.05, 0.1) is 13.2 Å². The molecule has 1 aromatic rings. The number of methoxy groups -OCH3 is 1. The van der Waals surface area contributed by atoms with Crippen molar-refractivity contribution in [2.45, 2.75) is 38.3 Å². The maximum absolute atomic E-state index is 10.1. The fraction of sp³-hybridized carbons (Fsp3) is 0.600. The summed E-state index contributed by atoms with van der Waals surface area (Å²) in [5.41, 5.74) is 0.939. The summed E-state index contributed by atoms with van der Waals surface area (Å²) in [7, 11) is 1.65. The molecule has 0 amide bonds. The fourth-order valence-electron chi connectivity index (χ4n) is 2.66. The van der Waals surface area contributed by atoms with Crippen LogP contribution in [0.4, 0.5) is 0 Å². The molecule has 2 rings (SSSR count). The Morgan fingerprint density at radius 3 is 2.61 bits per heavy atom. The summed E-state index contributed by atoms with van der Waals surface area (Å²) >= 11 is 0. The minimum absolute atomic E-state index is 0.441. The van der Waals surface area contributed by atoms with Crippen molar-refractivity contribution >= 4 is 0 Å². The molecule has 1 fully saturated rings. The van der Waals surface area contributed by atoms with E-state index in [9.17, 15) is 5.11 Å². The summed E-state index contributed by atoms with van der Waals surface area (Å²) in [6, 6.07) is 8.18. The molecule has 0 bridgehead atoms. The summed E-state index contributed by atoms with van der Waals surface area (Å²) in [6.07, 6.45) is 3.40. The minimum atomic E-state index is -0.441. The van der Waals surface area contributed by atoms with Crippen LogP contribution in [-0.2, 0) is 0 Å². The van der Waals surface area contributed by atoms with Crippen molar-refractivity contribution in [2.75, 3.05) is 13.7 Å². The molecule has 0 aliphatic heterocycles. The first-order chi connectivity index (χ1) is 8.70. The van der Waals surface area contributed by atoms with E-state index >= 15 is 0 Å². The van der Waals surface area contributed by atoms with E-state index in [4.69, 9.17) is 4.74 Å². The van der Waals surface area contributed by atoms with E-state index in [2.05, 4.69) is 12.2 Å². The fourth-order valence-corrected chi connectivity index (χ4v) is 2.66. The standard InChI is InChI=1S/C15H23NO2/c1-11-4-3-5-14(11)16-10-15(17)12-6-8-13(18-2)9-7-12/h6-9,11,14-17H,3-5,10H2,1-2H3. The Morgan fingerprint density at radius 2 is 2.06 bits per heavy atom. The zero-order valence-electron chi connectivity index (χ0n) is 11.2. The molecule has 0 spiro atoms. The molecular formula is C15H23NO2. The molecule has 2 N–H and O–H groups in total. The van der Waals surface area contributed by atoms with Crippen molar-refractivity contribution in [2.24, 2.45) is 5.92 Å². The number of ether oxygens (including phenoxy) is 1. The van der Waals surface area contributed by atoms with Gasteiger partial charge in [-0.25, -0.2) is 0 Å². The molecular weight excluding hydrogens is 226 g/mol. The molecule has 0 radical (unpaired) electrons. The summed E-state index contributed by atoms with van der Waals surface area (Å²) in [5, 5.41) is 13.6. The van der Waals surface area contributed by atoms with Gasteiger partial charge in [0.1, 0.15) is 5.75 Å². The quantitative estimate of drug-likeness (QED) is 0.842. The lowest BCUT2D eigenvalue weighted by Crippen LogP contribution is -2.34. The molecule has 3 heteroatoms. The number of aliphatic hydroxyl groups is 1. The molecule has 1 saturated carbocycles. The first kappa shape index (κ1) is 13.4. The first-order valence-corrected chi connectivity index (χ1v) is 6.76. The number of benzene rings is 1. The van der Waals surface area contributed by atoms with Crippen LogP contribution < -0.4 is 10.1 Å². The summed E-state index contributed by atoms with van der Waals surface area (Å²) in [6.45, 7) is 2.91. The summed E-state index contributed by atoms with van der Waals surface area (Å²) in [5.74, 6) is 1.55. The van der Waals surface area contributed by atoms with Gasteiger partial charge in [0, 0.05) is 12.6 Å². The lowest BCUT2D eigenvalue weighted by molar-refractivity contribution is 0.167. The third kappa shape index (κ3) is 3.24. The van der Waals surface area contributed by atoms with Crippen molar-refractivity contribution in [3.05, 3.63) is 29.8 Å². The molecule has 3 nitrogen and oxygen atoms in total. The average Bonchev–Trinajstić information content (AvgIpc) is 2.81. The smallest absolute Gasteiger partial charge is 0.118 e. The first-order valence-electron chi connectivity index (χ1n) is 6.76. The molecule has 3 unspecified atom stereocenters. The molecule has 100 valence electrons. The molecule has 18 heavy (non-hydrogen) atoms. The highest BCUT2D eigenvalue weighted by Crippen LogP contribution is 2.25. The zero-order chi connectivity index (χ0) is 13.0. The monoisotopic (exact) mass is 249 g/mol. The van der Waals surface area contributed by atoms with E-state index in [0.717, 1.165) is 17.2 Å². The van der Waals surface area contributed by atoms with E-state index < -0.39 is 6.10 Å². The van der Waals surface area contributed by atoms with Gasteiger partial charge >= 0.3 is 0 Å². The highest BCUT2D eigenvalue weighted by molar-refractivity contribution is 5.28. The van der Waals surface area contributed by atoms with Gasteiger partial charge in [0.15, 0.2) is 0 Å². The minimum Gasteiger partial charge on any atom is -0.497 e. The number of hydrogen-bond donors (Lipinski definition) is 2. The van der Waals surface area contributed by atoms with E-state index in [1.807, 2.05) is 24.3 Å². The van der Waals surface area contributed by atoms with Crippen LogP contribution in [0.5, 0.6) is 5.75 Å². The van der Waals surface area contributed by atoms with Crippen molar-refractivity contribution in [3.8, 4) is 5.75 Å². The van der Waals surface area contributed by atoms with Gasteiger partial charge in [0.25, 0.3) is 0 Å². The Hall–Kier alpha value is -1.06. The van der Waals surface area contributed by atoms with Crippen molar-refractivity contribution in [1.82, 2.24) is 5.32 Å². The second kappa shape index (κ2) is 6.21. The molecule has 0 saturated heterocycles. The Labute approximate surface area is 109 Å². The summed E-state index contributed by atoms with van der Waals surface area (Å²) in [4.78, 5) is 0. The predicted molar refractivity (Wildman–Crippen MR) is 72.8 cm³/mol. The van der Waals surface area contributed by atoms with Crippen LogP contribution in [0.3, 0.4) is 0 Å². The lowest BCUT2D eigenvalue weighted by atomic mass is 10.1. The third-order valence-electron chi connectivity index (χ3n) is 3.94. The van der Waals surface area contributed by atoms with Gasteiger partial charge in [-0.2, -0.15) is 0 Å². The highest BCUT2D eigenvalue weighted by atomic mass is 16.5. The highest BCUT2D eigenvalue weighted by Gasteiger charge is 2.23. The van der Waals surface area contributed by atoms with Crippen LogP contribution in [0.15, 0.2) is 24.3 Å². The zero-order valence-corrected chi connectivity index (χ0v) is 11.2. The van der Waals surface area contributed by atoms with Gasteiger partial charge in [0.2, 0.25) is 0 Å². The molecule has 1 aliphatic carbocycles. The number of aliphatic hydroxyl groups excluding tert-OH is 1. The van der Waals surface area contributed by atoms with Crippen molar-refractivity contribution in [3.63, 3.8) is 0 Å². The lowest BCUT2D eigenvalue weighted by Gasteiger charge is -2.20. The second-order valence-corrected chi connectivity index (χ2v) is 5.21. The topological polar surface area (TPSA) is 41.5 Å². The second-order valence-electron chi connectivity index (χ2n) is 5.21. The molecule has 0 heterocycles. The van der Waals surface area contributed by atoms with E-state index in [1.54, 1.807) is 7.11 Å². The van der Waals surface area contributed by atoms with Crippen LogP contribution in [0.1, 0.15) is 37.9 Å². The average molecular weight is 249 g/mol. The molecule has 0 aromatic heterocycles. The van der Waals surface area contributed by atoms with Crippen LogP contribution in [0.2, 0.25) is 0 Å². The van der Waals surface area contributed by atoms with Crippen LogP contribution in [0.25, 0.3) is 0 Å². The van der Waals surface area contributed by atoms with E-state index in [-0.39, 0.29) is 0 Å². The van der Waals surface area contributed by atoms with Gasteiger partial charge < -0.3 is 15.2 Å². The molecule has 1 aliphatic rings. The Kier molecular flexibility index (Phi) is 4.61. The number of rotatable bonds is 5. The Bertz CT molecular complexity index is 363. The van der Waals surface area contributed by atoms with Crippen LogP contribution in [0, 0.1) is 5.92 Å². The maximum Gasteiger partial charge on any atom is 0.118 e. The van der Waals surface area contributed by atoms with Gasteiger partial charge in [-0.05, 0) is 36.5 Å². The van der Waals surface area contributed by atoms with Crippen molar-refractivity contribution in [1.29, 1.82) is 0 Å². The maximum atomic E-state index is 10.1. The molecule has 3 atom stereocenters. The Balaban J connectivity index is 1.84. The SMILES string of the molecule is COc1ccc(C(O)CNC2CCCC2C)cc1. The predicted octanol–water partition coefficient (Wildman–Crippen LogP) is 2.51. The number of nitrogens with one attached hydrogen (secondary N) is 1. The molecule has 1 aromatic carbocycles. The third-order valence-corrected chi connectivity index (χ3v) is 3.94. The van der Waals surface area contributed by atoms with Gasteiger partial charge in [-0.3, -0.25) is 0 Å². The van der Waals surface area contributed by atoms with Crippen molar-refractivity contribution < 1.29 is 9.84 Å². The largest absolute Gasteiger partial charge is 0.497 e. The van der Waals surface area contributed by atoms with Gasteiger partial charge in [-0.15, -0.1) is 0 Å². The van der Waals surface area contributed by atoms with E-state index in [0.29, 0.717) is 12.6 Å². The van der Waals surface area contributed by atoms with Crippen LogP contribution >= 0.6 is 0 Å². The number of hydrogen-bond acceptors (Lipinski definition) is 3. The summed E-state index contributed by atoms with van der Waals surface area (Å²) < 4.78 is 5.11. The van der Waals surface area contributed by atoms with E-state index in [1.165, 1.54) is 19.3 Å². The van der Waals surface area contributed by atoms with Crippen LogP contribution in [-0.4, -0.2) is 24.8 Å². The normalized spacial score (nSPS) is 25.1. The van der Waals surface area contributed by atoms with Gasteiger partial charge in [-0.1, -0.05) is 25.5 Å².